The molecule has 0 amide bonds. The summed E-state index contributed by atoms with van der Waals surface area (Å²) >= 11 is 0. The molecule has 3 atom stereocenters. The first kappa shape index (κ1) is 25.2. The Bertz CT molecular complexity index is 1180. The first-order valence-electron chi connectivity index (χ1n) is 13.2. The van der Waals surface area contributed by atoms with Gasteiger partial charge >= 0.3 is 5.97 Å². The second kappa shape index (κ2) is 11.8. The monoisotopic (exact) mass is 496 g/mol. The minimum atomic E-state index is -0.827. The number of rotatable bonds is 11. The third-order valence-corrected chi connectivity index (χ3v) is 7.68. The van der Waals surface area contributed by atoms with Gasteiger partial charge in [-0.2, -0.15) is 0 Å². The molecule has 5 rings (SSSR count). The van der Waals surface area contributed by atoms with E-state index in [1.807, 2.05) is 24.3 Å². The van der Waals surface area contributed by atoms with Crippen LogP contribution in [0.1, 0.15) is 34.6 Å². The maximum Gasteiger partial charge on any atom is 0.304 e. The molecule has 3 aromatic rings. The van der Waals surface area contributed by atoms with E-state index in [2.05, 4.69) is 71.0 Å². The minimum Gasteiger partial charge on any atom is -0.489 e. The maximum atomic E-state index is 11.1. The fraction of sp³-hybridized carbons (Fsp3) is 0.344. The number of hydrogen-bond acceptors (Lipinski definition) is 4. The van der Waals surface area contributed by atoms with E-state index in [9.17, 15) is 4.79 Å². The normalized spacial score (nSPS) is 20.4. The van der Waals surface area contributed by atoms with Gasteiger partial charge in [0.15, 0.2) is 0 Å². The molecule has 0 spiro atoms. The van der Waals surface area contributed by atoms with E-state index in [1.54, 1.807) is 6.08 Å². The summed E-state index contributed by atoms with van der Waals surface area (Å²) in [7, 11) is 0. The Balaban J connectivity index is 1.10. The summed E-state index contributed by atoms with van der Waals surface area (Å²) < 4.78 is 6.03. The molecule has 0 bridgehead atoms. The number of nitrogens with zero attached hydrogens (tertiary/aromatic N) is 2. The van der Waals surface area contributed by atoms with Crippen molar-refractivity contribution in [1.29, 1.82) is 0 Å². The van der Waals surface area contributed by atoms with Gasteiger partial charge in [0.05, 0.1) is 6.42 Å². The summed E-state index contributed by atoms with van der Waals surface area (Å²) in [5, 5.41) is 9.08. The van der Waals surface area contributed by atoms with Crippen molar-refractivity contribution in [3.63, 3.8) is 0 Å². The summed E-state index contributed by atoms with van der Waals surface area (Å²) in [6.07, 6.45) is 1.73. The van der Waals surface area contributed by atoms with Gasteiger partial charge in [-0.1, -0.05) is 72.8 Å². The molecule has 2 aliphatic rings. The zero-order chi connectivity index (χ0) is 25.6. The Labute approximate surface area is 220 Å². The number of carboxylic acids is 1. The van der Waals surface area contributed by atoms with Gasteiger partial charge in [-0.15, -0.1) is 6.58 Å². The van der Waals surface area contributed by atoms with Crippen LogP contribution in [0.2, 0.25) is 0 Å². The Kier molecular flexibility index (Phi) is 8.02. The van der Waals surface area contributed by atoms with Crippen LogP contribution in [0.4, 0.5) is 0 Å². The predicted molar refractivity (Wildman–Crippen MR) is 146 cm³/mol. The van der Waals surface area contributed by atoms with Crippen LogP contribution in [0.5, 0.6) is 5.75 Å². The van der Waals surface area contributed by atoms with E-state index in [4.69, 9.17) is 9.84 Å². The molecule has 5 nitrogen and oxygen atoms in total. The van der Waals surface area contributed by atoms with Crippen molar-refractivity contribution in [1.82, 2.24) is 9.80 Å². The lowest BCUT2D eigenvalue weighted by molar-refractivity contribution is -0.137. The second-order valence-corrected chi connectivity index (χ2v) is 10.5. The lowest BCUT2D eigenvalue weighted by Crippen LogP contribution is -2.28. The van der Waals surface area contributed by atoms with Gasteiger partial charge in [-0.05, 0) is 46.2 Å². The summed E-state index contributed by atoms with van der Waals surface area (Å²) in [5.74, 6) is 1.30. The molecule has 37 heavy (non-hydrogen) atoms. The number of aliphatic carboxylic acids is 1. The third-order valence-electron chi connectivity index (χ3n) is 7.68. The van der Waals surface area contributed by atoms with Crippen LogP contribution >= 0.6 is 0 Å². The van der Waals surface area contributed by atoms with Gasteiger partial charge in [-0.25, -0.2) is 0 Å². The van der Waals surface area contributed by atoms with Crippen molar-refractivity contribution < 1.29 is 14.6 Å². The Morgan fingerprint density at radius 1 is 0.865 bits per heavy atom. The average Bonchev–Trinajstić information content (AvgIpc) is 3.45. The molecule has 0 saturated carbocycles. The largest absolute Gasteiger partial charge is 0.489 e. The van der Waals surface area contributed by atoms with Gasteiger partial charge in [-0.3, -0.25) is 14.6 Å². The van der Waals surface area contributed by atoms with E-state index in [0.717, 1.165) is 41.8 Å². The SMILES string of the molecule is C=C[C@@H](CC(=O)O)c1ccc(OCc2cccc(CN3CC4CN(Cc5ccccc5)CC4C3)c2)cc1. The molecular weight excluding hydrogens is 460 g/mol. The Hall–Kier alpha value is -3.41. The summed E-state index contributed by atoms with van der Waals surface area (Å²) in [4.78, 5) is 16.3. The van der Waals surface area contributed by atoms with E-state index in [0.29, 0.717) is 6.61 Å². The van der Waals surface area contributed by atoms with Gasteiger partial charge < -0.3 is 9.84 Å². The lowest BCUT2D eigenvalue weighted by Gasteiger charge is -2.21. The van der Waals surface area contributed by atoms with Gasteiger partial charge in [0.2, 0.25) is 0 Å². The van der Waals surface area contributed by atoms with E-state index < -0.39 is 5.97 Å². The summed E-state index contributed by atoms with van der Waals surface area (Å²) in [6, 6.07) is 27.2. The minimum absolute atomic E-state index is 0.0426. The molecule has 0 radical (unpaired) electrons. The zero-order valence-electron chi connectivity index (χ0n) is 21.3. The van der Waals surface area contributed by atoms with Crippen LogP contribution in [0.15, 0.2) is 91.5 Å². The number of ether oxygens (including phenoxy) is 1. The molecule has 1 N–H and O–H groups in total. The highest BCUT2D eigenvalue weighted by Crippen LogP contribution is 2.33. The number of hydrogen-bond donors (Lipinski definition) is 1. The molecule has 2 aliphatic heterocycles. The molecule has 2 heterocycles. The zero-order valence-corrected chi connectivity index (χ0v) is 21.3. The average molecular weight is 497 g/mol. The van der Waals surface area contributed by atoms with Gasteiger partial charge in [0, 0.05) is 45.2 Å². The van der Waals surface area contributed by atoms with Crippen molar-refractivity contribution in [2.45, 2.75) is 32.0 Å². The summed E-state index contributed by atoms with van der Waals surface area (Å²) in [6.45, 7) is 11.1. The van der Waals surface area contributed by atoms with Crippen molar-refractivity contribution in [3.05, 3.63) is 114 Å². The van der Waals surface area contributed by atoms with Crippen molar-refractivity contribution in [2.75, 3.05) is 26.2 Å². The van der Waals surface area contributed by atoms with Crippen LogP contribution in [0.3, 0.4) is 0 Å². The van der Waals surface area contributed by atoms with E-state index >= 15 is 0 Å². The smallest absolute Gasteiger partial charge is 0.304 e. The molecule has 2 fully saturated rings. The first-order chi connectivity index (χ1) is 18.1. The number of fused-ring (bicyclic) bond motifs is 1. The fourth-order valence-electron chi connectivity index (χ4n) is 5.87. The molecule has 192 valence electrons. The number of carboxylic acid groups (broad SMARTS) is 1. The number of carbonyl (C=O) groups is 1. The topological polar surface area (TPSA) is 53.0 Å². The highest BCUT2D eigenvalue weighted by molar-refractivity contribution is 5.68. The van der Waals surface area contributed by atoms with Crippen molar-refractivity contribution >= 4 is 5.97 Å². The van der Waals surface area contributed by atoms with Gasteiger partial charge in [0.25, 0.3) is 0 Å². The van der Waals surface area contributed by atoms with Crippen molar-refractivity contribution in [3.8, 4) is 5.75 Å². The Morgan fingerprint density at radius 2 is 1.46 bits per heavy atom. The van der Waals surface area contributed by atoms with Crippen LogP contribution in [-0.2, 0) is 24.5 Å². The van der Waals surface area contributed by atoms with Gasteiger partial charge in [0.1, 0.15) is 12.4 Å². The molecular formula is C32H36N2O3. The molecule has 3 aromatic carbocycles. The highest BCUT2D eigenvalue weighted by Gasteiger charge is 2.39. The first-order valence-corrected chi connectivity index (χ1v) is 13.2. The van der Waals surface area contributed by atoms with E-state index in [-0.39, 0.29) is 12.3 Å². The third kappa shape index (κ3) is 6.68. The standard InChI is InChI=1S/C32H36N2O3/c1-2-27(16-32(35)36)28-11-13-31(14-12-28)37-23-26-10-6-9-25(15-26)18-34-21-29-19-33(20-30(29)22-34)17-24-7-4-3-5-8-24/h2-15,27,29-30H,1,16-23H2,(H,35,36)/t27-,29?,30?/m0/s1. The van der Waals surface area contributed by atoms with Crippen LogP contribution in [0.25, 0.3) is 0 Å². The van der Waals surface area contributed by atoms with Crippen LogP contribution in [0, 0.1) is 11.8 Å². The molecule has 2 saturated heterocycles. The van der Waals surface area contributed by atoms with E-state index in [1.165, 1.54) is 37.3 Å². The molecule has 2 unspecified atom stereocenters. The van der Waals surface area contributed by atoms with Crippen LogP contribution < -0.4 is 4.74 Å². The lowest BCUT2D eigenvalue weighted by atomic mass is 9.96. The maximum absolute atomic E-state index is 11.1. The second-order valence-electron chi connectivity index (χ2n) is 10.5. The quantitative estimate of drug-likeness (QED) is 0.352. The van der Waals surface area contributed by atoms with Crippen LogP contribution in [-0.4, -0.2) is 47.1 Å². The number of allylic oxidation sites excluding steroid dienone is 1. The fourth-order valence-corrected chi connectivity index (χ4v) is 5.87. The number of benzene rings is 3. The van der Waals surface area contributed by atoms with Crippen molar-refractivity contribution in [2.24, 2.45) is 11.8 Å². The molecule has 5 heteroatoms. The Morgan fingerprint density at radius 3 is 2.08 bits per heavy atom. The predicted octanol–water partition coefficient (Wildman–Crippen LogP) is 5.57. The highest BCUT2D eigenvalue weighted by atomic mass is 16.5. The number of likely N-dealkylation sites (tertiary alicyclic amines) is 2. The summed E-state index contributed by atoms with van der Waals surface area (Å²) in [5.41, 5.74) is 4.84. The molecule has 0 aromatic heterocycles. The molecule has 0 aliphatic carbocycles.